The van der Waals surface area contributed by atoms with Crippen molar-refractivity contribution in [2.24, 2.45) is 0 Å². The van der Waals surface area contributed by atoms with Crippen LogP contribution in [0.3, 0.4) is 0 Å². The molecule has 0 aliphatic carbocycles. The minimum absolute atomic E-state index is 0.142. The van der Waals surface area contributed by atoms with Gasteiger partial charge in [0.1, 0.15) is 5.15 Å². The Bertz CT molecular complexity index is 438. The molecule has 0 fully saturated rings. The summed E-state index contributed by atoms with van der Waals surface area (Å²) in [7, 11) is 0. The maximum absolute atomic E-state index is 5.85. The van der Waals surface area contributed by atoms with Crippen molar-refractivity contribution in [3.63, 3.8) is 0 Å². The third kappa shape index (κ3) is 2.29. The minimum Gasteiger partial charge on any atom is -0.218 e. The number of halogens is 2. The fourth-order valence-corrected chi connectivity index (χ4v) is 1.44. The Morgan fingerprint density at radius 2 is 2.00 bits per heavy atom. The molecule has 1 aromatic rings. The first kappa shape index (κ1) is 10.2. The van der Waals surface area contributed by atoms with E-state index in [4.69, 9.17) is 23.2 Å². The standard InChI is InChI=1S/C9H8Cl2N2/c1-3-5-7-6(4-2)8(10)13-9(11)12-7/h3-5H,1H2,2H3/b6-4+,7-5+. The van der Waals surface area contributed by atoms with E-state index in [1.165, 1.54) is 0 Å². The van der Waals surface area contributed by atoms with E-state index in [0.717, 1.165) is 5.22 Å². The van der Waals surface area contributed by atoms with E-state index in [9.17, 15) is 0 Å². The van der Waals surface area contributed by atoms with Gasteiger partial charge in [-0.25, -0.2) is 9.97 Å². The molecule has 0 saturated carbocycles. The molecule has 0 spiro atoms. The second-order valence-corrected chi connectivity index (χ2v) is 2.97. The van der Waals surface area contributed by atoms with Crippen LogP contribution in [0.1, 0.15) is 6.92 Å². The number of aromatic nitrogens is 2. The molecule has 1 heterocycles. The van der Waals surface area contributed by atoms with E-state index in [1.807, 2.05) is 13.0 Å². The zero-order chi connectivity index (χ0) is 9.84. The molecule has 0 unspecified atom stereocenters. The Balaban J connectivity index is 3.68. The average molecular weight is 215 g/mol. The lowest BCUT2D eigenvalue weighted by atomic mass is 10.3. The number of allylic oxidation sites excluding steroid dienone is 1. The molecule has 0 aliphatic rings. The molecule has 0 bridgehead atoms. The summed E-state index contributed by atoms with van der Waals surface area (Å²) in [5.74, 6) is 0. The molecular weight excluding hydrogens is 207 g/mol. The van der Waals surface area contributed by atoms with Crippen LogP contribution in [0, 0.1) is 0 Å². The minimum atomic E-state index is 0.142. The lowest BCUT2D eigenvalue weighted by Crippen LogP contribution is -2.30. The van der Waals surface area contributed by atoms with Gasteiger partial charge < -0.3 is 0 Å². The van der Waals surface area contributed by atoms with Crippen LogP contribution in [0.5, 0.6) is 0 Å². The highest BCUT2D eigenvalue weighted by molar-refractivity contribution is 6.31. The highest BCUT2D eigenvalue weighted by Gasteiger charge is 1.97. The van der Waals surface area contributed by atoms with Crippen LogP contribution in [-0.4, -0.2) is 9.97 Å². The van der Waals surface area contributed by atoms with Crippen molar-refractivity contribution < 1.29 is 0 Å². The highest BCUT2D eigenvalue weighted by atomic mass is 35.5. The zero-order valence-corrected chi connectivity index (χ0v) is 8.60. The number of hydrogen-bond donors (Lipinski definition) is 0. The summed E-state index contributed by atoms with van der Waals surface area (Å²) in [6.45, 7) is 5.43. The third-order valence-electron chi connectivity index (χ3n) is 1.47. The normalized spacial score (nSPS) is 13.5. The first-order valence-electron chi connectivity index (χ1n) is 3.67. The van der Waals surface area contributed by atoms with Crippen LogP contribution in [-0.2, 0) is 0 Å². The molecule has 0 aromatic carbocycles. The van der Waals surface area contributed by atoms with Crippen LogP contribution in [0.15, 0.2) is 12.7 Å². The number of hydrogen-bond acceptors (Lipinski definition) is 2. The second-order valence-electron chi connectivity index (χ2n) is 2.27. The first-order valence-corrected chi connectivity index (χ1v) is 4.42. The fourth-order valence-electron chi connectivity index (χ4n) is 0.937. The average Bonchev–Trinajstić information content (AvgIpc) is 2.04. The maximum Gasteiger partial charge on any atom is 0.224 e. The highest BCUT2D eigenvalue weighted by Crippen LogP contribution is 1.98. The van der Waals surface area contributed by atoms with Crippen molar-refractivity contribution in [1.29, 1.82) is 0 Å². The lowest BCUT2D eigenvalue weighted by molar-refractivity contribution is 1.10. The molecule has 1 aromatic heterocycles. The smallest absolute Gasteiger partial charge is 0.218 e. The predicted octanol–water partition coefficient (Wildman–Crippen LogP) is 1.55. The molecule has 0 N–H and O–H groups in total. The van der Waals surface area contributed by atoms with E-state index in [1.54, 1.807) is 12.2 Å². The van der Waals surface area contributed by atoms with Gasteiger partial charge in [0.2, 0.25) is 5.28 Å². The zero-order valence-electron chi connectivity index (χ0n) is 7.09. The van der Waals surface area contributed by atoms with Crippen LogP contribution < -0.4 is 10.6 Å². The molecule has 0 atom stereocenters. The van der Waals surface area contributed by atoms with Gasteiger partial charge in [-0.15, -0.1) is 0 Å². The van der Waals surface area contributed by atoms with Gasteiger partial charge in [0.05, 0.1) is 5.35 Å². The summed E-state index contributed by atoms with van der Waals surface area (Å²) in [6.07, 6.45) is 5.19. The van der Waals surface area contributed by atoms with Gasteiger partial charge in [-0.05, 0) is 24.6 Å². The number of rotatable bonds is 1. The maximum atomic E-state index is 5.85. The van der Waals surface area contributed by atoms with Gasteiger partial charge in [-0.1, -0.05) is 30.3 Å². The van der Waals surface area contributed by atoms with Gasteiger partial charge in [0.15, 0.2) is 0 Å². The van der Waals surface area contributed by atoms with Crippen LogP contribution >= 0.6 is 23.2 Å². The fraction of sp³-hybridized carbons (Fsp3) is 0.111. The van der Waals surface area contributed by atoms with Crippen molar-refractivity contribution >= 4 is 35.4 Å². The Hall–Kier alpha value is -0.860. The lowest BCUT2D eigenvalue weighted by Gasteiger charge is -1.93. The molecule has 0 saturated heterocycles. The van der Waals surface area contributed by atoms with Crippen molar-refractivity contribution in [1.82, 2.24) is 9.97 Å². The topological polar surface area (TPSA) is 25.8 Å². The molecule has 4 heteroatoms. The molecule has 0 radical (unpaired) electrons. The van der Waals surface area contributed by atoms with Crippen molar-refractivity contribution in [2.75, 3.05) is 0 Å². The van der Waals surface area contributed by atoms with Gasteiger partial charge in [0, 0.05) is 5.22 Å². The summed E-state index contributed by atoms with van der Waals surface area (Å²) in [6, 6.07) is 0. The summed E-state index contributed by atoms with van der Waals surface area (Å²) < 4.78 is 0. The summed E-state index contributed by atoms with van der Waals surface area (Å²) in [5.41, 5.74) is 0. The summed E-state index contributed by atoms with van der Waals surface area (Å²) >= 11 is 11.5. The Morgan fingerprint density at radius 1 is 1.31 bits per heavy atom. The van der Waals surface area contributed by atoms with Crippen molar-refractivity contribution in [3.05, 3.63) is 33.7 Å². The van der Waals surface area contributed by atoms with Crippen LogP contribution in [0.2, 0.25) is 10.4 Å². The number of nitrogens with zero attached hydrogens (tertiary/aromatic N) is 2. The quantitative estimate of drug-likeness (QED) is 0.524. The predicted molar refractivity (Wildman–Crippen MR) is 56.1 cm³/mol. The Morgan fingerprint density at radius 3 is 2.54 bits per heavy atom. The van der Waals surface area contributed by atoms with Crippen LogP contribution in [0.4, 0.5) is 0 Å². The molecule has 0 aliphatic heterocycles. The van der Waals surface area contributed by atoms with E-state index < -0.39 is 0 Å². The van der Waals surface area contributed by atoms with E-state index in [2.05, 4.69) is 16.5 Å². The molecule has 13 heavy (non-hydrogen) atoms. The van der Waals surface area contributed by atoms with Gasteiger partial charge in [-0.2, -0.15) is 0 Å². The van der Waals surface area contributed by atoms with Crippen molar-refractivity contribution in [2.45, 2.75) is 6.92 Å². The molecular formula is C9H8Cl2N2. The molecule has 1 rings (SSSR count). The molecule has 2 nitrogen and oxygen atoms in total. The van der Waals surface area contributed by atoms with Gasteiger partial charge in [0.25, 0.3) is 0 Å². The van der Waals surface area contributed by atoms with Gasteiger partial charge in [-0.3, -0.25) is 0 Å². The molecule has 0 amide bonds. The Labute approximate surface area is 86.2 Å². The van der Waals surface area contributed by atoms with E-state index in [-0.39, 0.29) is 5.28 Å². The van der Waals surface area contributed by atoms with Crippen LogP contribution in [0.25, 0.3) is 12.2 Å². The second kappa shape index (κ2) is 4.40. The van der Waals surface area contributed by atoms with E-state index in [0.29, 0.717) is 10.5 Å². The first-order chi connectivity index (χ1) is 6.19. The monoisotopic (exact) mass is 214 g/mol. The third-order valence-corrected chi connectivity index (χ3v) is 1.92. The summed E-state index contributed by atoms with van der Waals surface area (Å²) in [5, 5.41) is 1.95. The largest absolute Gasteiger partial charge is 0.224 e. The molecule has 68 valence electrons. The van der Waals surface area contributed by atoms with Crippen molar-refractivity contribution in [3.8, 4) is 0 Å². The van der Waals surface area contributed by atoms with E-state index >= 15 is 0 Å². The van der Waals surface area contributed by atoms with Gasteiger partial charge >= 0.3 is 0 Å². The Kier molecular flexibility index (Phi) is 3.46. The summed E-state index contributed by atoms with van der Waals surface area (Å²) in [4.78, 5) is 7.83. The SMILES string of the molecule is C=C/C=c1/nc(Cl)nc(Cl)/c1=C/C.